The Bertz CT molecular complexity index is 714. The van der Waals surface area contributed by atoms with E-state index in [0.29, 0.717) is 11.6 Å². The number of anilines is 4. The highest BCUT2D eigenvalue weighted by molar-refractivity contribution is 5.81. The van der Waals surface area contributed by atoms with Gasteiger partial charge in [0.2, 0.25) is 0 Å². The molecular formula is C18H23N5. The summed E-state index contributed by atoms with van der Waals surface area (Å²) in [6.07, 6.45) is 5.18. The van der Waals surface area contributed by atoms with Crippen LogP contribution in [0.2, 0.25) is 0 Å². The first kappa shape index (κ1) is 14.3. The summed E-state index contributed by atoms with van der Waals surface area (Å²) in [6.45, 7) is 5.27. The molecule has 1 aromatic carbocycles. The van der Waals surface area contributed by atoms with Crippen LogP contribution in [0.1, 0.15) is 25.3 Å². The van der Waals surface area contributed by atoms with Gasteiger partial charge in [-0.05, 0) is 36.8 Å². The number of para-hydroxylation sites is 1. The quantitative estimate of drug-likeness (QED) is 0.924. The summed E-state index contributed by atoms with van der Waals surface area (Å²) in [4.78, 5) is 13.5. The maximum Gasteiger partial charge on any atom is 0.161 e. The van der Waals surface area contributed by atoms with Crippen LogP contribution in [0, 0.1) is 5.92 Å². The van der Waals surface area contributed by atoms with Crippen LogP contribution in [-0.4, -0.2) is 29.6 Å². The Morgan fingerprint density at radius 3 is 2.83 bits per heavy atom. The second kappa shape index (κ2) is 5.72. The van der Waals surface area contributed by atoms with E-state index in [2.05, 4.69) is 51.0 Å². The number of nitrogen functional groups attached to an aromatic ring is 1. The molecule has 0 bridgehead atoms. The van der Waals surface area contributed by atoms with Crippen LogP contribution in [0.25, 0.3) is 0 Å². The van der Waals surface area contributed by atoms with Crippen LogP contribution in [0.3, 0.4) is 0 Å². The minimum absolute atomic E-state index is 0.689. The lowest BCUT2D eigenvalue weighted by Gasteiger charge is -2.33. The van der Waals surface area contributed by atoms with Gasteiger partial charge < -0.3 is 15.5 Å². The largest absolute Gasteiger partial charge is 0.393 e. The molecule has 1 fully saturated rings. The Balaban J connectivity index is 1.70. The predicted molar refractivity (Wildman–Crippen MR) is 94.2 cm³/mol. The van der Waals surface area contributed by atoms with Crippen LogP contribution in [0.4, 0.5) is 23.0 Å². The Labute approximate surface area is 137 Å². The second-order valence-electron chi connectivity index (χ2n) is 6.66. The summed E-state index contributed by atoms with van der Waals surface area (Å²) in [7, 11) is 0. The normalized spacial score (nSPS) is 20.7. The summed E-state index contributed by atoms with van der Waals surface area (Å²) in [5.41, 5.74) is 9.77. The van der Waals surface area contributed by atoms with E-state index in [1.165, 1.54) is 24.1 Å². The summed E-state index contributed by atoms with van der Waals surface area (Å²) >= 11 is 0. The van der Waals surface area contributed by atoms with Crippen molar-refractivity contribution in [2.24, 2.45) is 5.92 Å². The Hall–Kier alpha value is -2.30. The minimum Gasteiger partial charge on any atom is -0.393 e. The van der Waals surface area contributed by atoms with Crippen molar-refractivity contribution < 1.29 is 0 Å². The summed E-state index contributed by atoms with van der Waals surface area (Å²) < 4.78 is 0. The molecule has 1 unspecified atom stereocenters. The number of aromatic nitrogens is 2. The molecule has 1 saturated heterocycles. The van der Waals surface area contributed by atoms with Crippen molar-refractivity contribution in [2.45, 2.75) is 26.2 Å². The van der Waals surface area contributed by atoms with E-state index in [4.69, 9.17) is 5.73 Å². The first-order chi connectivity index (χ1) is 11.2. The molecule has 3 heterocycles. The van der Waals surface area contributed by atoms with Gasteiger partial charge in [-0.2, -0.15) is 0 Å². The van der Waals surface area contributed by atoms with E-state index in [1.54, 1.807) is 6.33 Å². The van der Waals surface area contributed by atoms with E-state index in [0.717, 1.165) is 37.7 Å². The topological polar surface area (TPSA) is 58.3 Å². The van der Waals surface area contributed by atoms with Gasteiger partial charge in [-0.15, -0.1) is 0 Å². The standard InChI is InChI=1S/C18H23N5/c1-13-5-4-9-22(11-13)17-16(19)18(21-12-20-17)23-10-8-14-6-2-3-7-15(14)23/h2-3,6-7,12-13H,4-5,8-11,19H2,1H3. The summed E-state index contributed by atoms with van der Waals surface area (Å²) in [5.74, 6) is 2.43. The van der Waals surface area contributed by atoms with Crippen LogP contribution in [0.5, 0.6) is 0 Å². The van der Waals surface area contributed by atoms with Crippen molar-refractivity contribution >= 4 is 23.0 Å². The van der Waals surface area contributed by atoms with Gasteiger partial charge in [-0.1, -0.05) is 25.1 Å². The monoisotopic (exact) mass is 309 g/mol. The SMILES string of the molecule is CC1CCCN(c2ncnc(N3CCc4ccccc43)c2N)C1. The number of hydrogen-bond donors (Lipinski definition) is 1. The van der Waals surface area contributed by atoms with Crippen LogP contribution >= 0.6 is 0 Å². The second-order valence-corrected chi connectivity index (χ2v) is 6.66. The van der Waals surface area contributed by atoms with Gasteiger partial charge in [0.05, 0.1) is 0 Å². The maximum atomic E-state index is 6.49. The van der Waals surface area contributed by atoms with E-state index in [9.17, 15) is 0 Å². The van der Waals surface area contributed by atoms with Crippen LogP contribution < -0.4 is 15.5 Å². The van der Waals surface area contributed by atoms with Crippen molar-refractivity contribution in [3.05, 3.63) is 36.2 Å². The maximum absolute atomic E-state index is 6.49. The van der Waals surface area contributed by atoms with E-state index in [-0.39, 0.29) is 0 Å². The Morgan fingerprint density at radius 2 is 1.96 bits per heavy atom. The lowest BCUT2D eigenvalue weighted by atomic mass is 10.0. The molecule has 1 atom stereocenters. The van der Waals surface area contributed by atoms with Gasteiger partial charge in [0.1, 0.15) is 12.0 Å². The smallest absolute Gasteiger partial charge is 0.161 e. The lowest BCUT2D eigenvalue weighted by molar-refractivity contribution is 0.445. The number of rotatable bonds is 2. The highest BCUT2D eigenvalue weighted by atomic mass is 15.3. The third-order valence-corrected chi connectivity index (χ3v) is 4.94. The molecule has 0 aliphatic carbocycles. The Morgan fingerprint density at radius 1 is 1.13 bits per heavy atom. The number of hydrogen-bond acceptors (Lipinski definition) is 5. The van der Waals surface area contributed by atoms with E-state index in [1.807, 2.05) is 0 Å². The number of fused-ring (bicyclic) bond motifs is 1. The van der Waals surface area contributed by atoms with Gasteiger partial charge >= 0.3 is 0 Å². The van der Waals surface area contributed by atoms with Gasteiger partial charge in [0.25, 0.3) is 0 Å². The van der Waals surface area contributed by atoms with Crippen molar-refractivity contribution in [3.63, 3.8) is 0 Å². The lowest BCUT2D eigenvalue weighted by Crippen LogP contribution is -2.35. The number of nitrogens with two attached hydrogens (primary N) is 1. The molecule has 2 aliphatic heterocycles. The molecule has 5 nitrogen and oxygen atoms in total. The third kappa shape index (κ3) is 2.50. The fourth-order valence-electron chi connectivity index (χ4n) is 3.78. The highest BCUT2D eigenvalue weighted by Gasteiger charge is 2.26. The van der Waals surface area contributed by atoms with Crippen molar-refractivity contribution in [1.82, 2.24) is 9.97 Å². The average molecular weight is 309 g/mol. The molecule has 0 amide bonds. The molecule has 23 heavy (non-hydrogen) atoms. The van der Waals surface area contributed by atoms with Crippen LogP contribution in [0.15, 0.2) is 30.6 Å². The molecule has 2 aromatic rings. The van der Waals surface area contributed by atoms with Gasteiger partial charge in [-0.25, -0.2) is 9.97 Å². The number of benzene rings is 1. The molecule has 0 radical (unpaired) electrons. The van der Waals surface area contributed by atoms with Gasteiger partial charge in [-0.3, -0.25) is 0 Å². The fraction of sp³-hybridized carbons (Fsp3) is 0.444. The van der Waals surface area contributed by atoms with Crippen LogP contribution in [-0.2, 0) is 6.42 Å². The molecule has 2 aliphatic rings. The van der Waals surface area contributed by atoms with Crippen molar-refractivity contribution in [3.8, 4) is 0 Å². The predicted octanol–water partition coefficient (Wildman–Crippen LogP) is 2.99. The van der Waals surface area contributed by atoms with E-state index < -0.39 is 0 Å². The fourth-order valence-corrected chi connectivity index (χ4v) is 3.78. The van der Waals surface area contributed by atoms with E-state index >= 15 is 0 Å². The Kier molecular flexibility index (Phi) is 3.56. The molecule has 0 spiro atoms. The average Bonchev–Trinajstić information content (AvgIpc) is 2.99. The zero-order valence-corrected chi connectivity index (χ0v) is 13.6. The molecular weight excluding hydrogens is 286 g/mol. The van der Waals surface area contributed by atoms with Gasteiger partial charge in [0, 0.05) is 25.3 Å². The molecule has 5 heteroatoms. The number of piperidine rings is 1. The molecule has 0 saturated carbocycles. The summed E-state index contributed by atoms with van der Waals surface area (Å²) in [5, 5.41) is 0. The molecule has 1 aromatic heterocycles. The number of nitrogens with zero attached hydrogens (tertiary/aromatic N) is 4. The van der Waals surface area contributed by atoms with Gasteiger partial charge in [0.15, 0.2) is 11.6 Å². The molecule has 4 rings (SSSR count). The first-order valence-corrected chi connectivity index (χ1v) is 8.45. The van der Waals surface area contributed by atoms with Crippen molar-refractivity contribution in [2.75, 3.05) is 35.2 Å². The van der Waals surface area contributed by atoms with Crippen molar-refractivity contribution in [1.29, 1.82) is 0 Å². The molecule has 2 N–H and O–H groups in total. The highest BCUT2D eigenvalue weighted by Crippen LogP contribution is 2.39. The zero-order chi connectivity index (χ0) is 15.8. The first-order valence-electron chi connectivity index (χ1n) is 8.45. The summed E-state index contributed by atoms with van der Waals surface area (Å²) in [6, 6.07) is 8.49. The molecule has 120 valence electrons. The minimum atomic E-state index is 0.689. The third-order valence-electron chi connectivity index (χ3n) is 4.94. The zero-order valence-electron chi connectivity index (χ0n) is 13.6.